The topological polar surface area (TPSA) is 56.2 Å². The number of aryl methyl sites for hydroxylation is 2. The van der Waals surface area contributed by atoms with Gasteiger partial charge in [-0.1, -0.05) is 30.3 Å². The van der Waals surface area contributed by atoms with E-state index in [-0.39, 0.29) is 11.9 Å². The average molecular weight is 414 g/mol. The lowest BCUT2D eigenvalue weighted by Gasteiger charge is -2.13. The first-order valence-corrected chi connectivity index (χ1v) is 11.0. The van der Waals surface area contributed by atoms with Gasteiger partial charge in [-0.25, -0.2) is 4.98 Å². The fourth-order valence-electron chi connectivity index (χ4n) is 4.11. The Labute approximate surface area is 182 Å². The second-order valence-corrected chi connectivity index (χ2v) is 8.54. The van der Waals surface area contributed by atoms with Crippen molar-refractivity contribution < 1.29 is 9.53 Å². The normalized spacial score (nSPS) is 17.6. The molecule has 1 N–H and O–H groups in total. The van der Waals surface area contributed by atoms with Crippen molar-refractivity contribution in [2.45, 2.75) is 38.6 Å². The molecule has 3 aromatic rings. The van der Waals surface area contributed by atoms with Gasteiger partial charge in [0, 0.05) is 12.3 Å². The van der Waals surface area contributed by atoms with Crippen LogP contribution < -0.4 is 10.1 Å². The molecule has 1 fully saturated rings. The lowest BCUT2D eigenvalue weighted by Crippen LogP contribution is -2.25. The second-order valence-electron chi connectivity index (χ2n) is 8.54. The average Bonchev–Trinajstić information content (AvgIpc) is 3.39. The van der Waals surface area contributed by atoms with Crippen molar-refractivity contribution in [1.29, 1.82) is 0 Å². The molecule has 1 aromatic heterocycles. The summed E-state index contributed by atoms with van der Waals surface area (Å²) < 4.78 is 8.12. The number of hydrogen-bond donors (Lipinski definition) is 1. The third-order valence-electron chi connectivity index (χ3n) is 6.02. The molecule has 1 unspecified atom stereocenters. The third-order valence-corrected chi connectivity index (χ3v) is 6.02. The van der Waals surface area contributed by atoms with E-state index < -0.39 is 0 Å². The minimum Gasteiger partial charge on any atom is -0.491 e. The van der Waals surface area contributed by atoms with E-state index in [1.54, 1.807) is 12.4 Å². The summed E-state index contributed by atoms with van der Waals surface area (Å²) in [4.78, 5) is 16.9. The maximum atomic E-state index is 12.5. The largest absolute Gasteiger partial charge is 0.491 e. The van der Waals surface area contributed by atoms with Crippen LogP contribution in [-0.4, -0.2) is 22.1 Å². The standard InChI is InChI=1S/C26H27N3O2/c1-18-15-29(17-27-18)24-12-8-19(14-25(24)31-16-20-6-7-20)9-13-26(30)28-23-11-10-21-4-2-3-5-22(21)23/h2-5,8-9,12-15,17,20,23H,6-7,10-11,16H2,1H3,(H,28,30)/b13-9+. The maximum Gasteiger partial charge on any atom is 0.244 e. The van der Waals surface area contributed by atoms with Gasteiger partial charge in [-0.05, 0) is 73.4 Å². The van der Waals surface area contributed by atoms with Crippen LogP contribution in [0, 0.1) is 12.8 Å². The van der Waals surface area contributed by atoms with Crippen LogP contribution in [0.2, 0.25) is 0 Å². The van der Waals surface area contributed by atoms with Gasteiger partial charge in [0.1, 0.15) is 5.75 Å². The Morgan fingerprint density at radius 1 is 1.23 bits per heavy atom. The Balaban J connectivity index is 1.30. The van der Waals surface area contributed by atoms with Gasteiger partial charge in [0.25, 0.3) is 0 Å². The lowest BCUT2D eigenvalue weighted by molar-refractivity contribution is -0.117. The van der Waals surface area contributed by atoms with Crippen molar-refractivity contribution in [2.75, 3.05) is 6.61 Å². The molecule has 5 heteroatoms. The number of aromatic nitrogens is 2. The fourth-order valence-corrected chi connectivity index (χ4v) is 4.11. The van der Waals surface area contributed by atoms with Crippen molar-refractivity contribution in [3.8, 4) is 11.4 Å². The van der Waals surface area contributed by atoms with Gasteiger partial charge in [-0.3, -0.25) is 4.79 Å². The van der Waals surface area contributed by atoms with Crippen molar-refractivity contribution >= 4 is 12.0 Å². The number of fused-ring (bicyclic) bond motifs is 1. The molecule has 2 aromatic carbocycles. The molecular formula is C26H27N3O2. The van der Waals surface area contributed by atoms with Crippen LogP contribution in [0.5, 0.6) is 5.75 Å². The molecular weight excluding hydrogens is 386 g/mol. The molecule has 2 aliphatic rings. The Morgan fingerprint density at radius 2 is 2.10 bits per heavy atom. The van der Waals surface area contributed by atoms with Crippen LogP contribution in [0.25, 0.3) is 11.8 Å². The molecule has 2 aliphatic carbocycles. The monoisotopic (exact) mass is 413 g/mol. The molecule has 0 radical (unpaired) electrons. The van der Waals surface area contributed by atoms with Gasteiger partial charge in [-0.2, -0.15) is 0 Å². The van der Waals surface area contributed by atoms with Gasteiger partial charge < -0.3 is 14.6 Å². The van der Waals surface area contributed by atoms with Crippen LogP contribution in [0.4, 0.5) is 0 Å². The van der Waals surface area contributed by atoms with E-state index in [0.717, 1.165) is 42.1 Å². The minimum atomic E-state index is -0.0727. The van der Waals surface area contributed by atoms with E-state index >= 15 is 0 Å². The van der Waals surface area contributed by atoms with Crippen molar-refractivity contribution in [1.82, 2.24) is 14.9 Å². The van der Waals surface area contributed by atoms with Gasteiger partial charge >= 0.3 is 0 Å². The summed E-state index contributed by atoms with van der Waals surface area (Å²) in [6.07, 6.45) is 11.7. The number of hydrogen-bond acceptors (Lipinski definition) is 3. The molecule has 158 valence electrons. The number of ether oxygens (including phenoxy) is 1. The van der Waals surface area contributed by atoms with Gasteiger partial charge in [0.2, 0.25) is 5.91 Å². The Morgan fingerprint density at radius 3 is 2.90 bits per heavy atom. The SMILES string of the molecule is Cc1cn(-c2ccc(/C=C/C(=O)NC3CCc4ccccc43)cc2OCC2CC2)cn1. The van der Waals surface area contributed by atoms with Crippen molar-refractivity contribution in [2.24, 2.45) is 5.92 Å². The number of carbonyl (C=O) groups excluding carboxylic acids is 1. The number of nitrogens with zero attached hydrogens (tertiary/aromatic N) is 2. The summed E-state index contributed by atoms with van der Waals surface area (Å²) >= 11 is 0. The van der Waals surface area contributed by atoms with E-state index in [2.05, 4.69) is 28.5 Å². The van der Waals surface area contributed by atoms with Gasteiger partial charge in [-0.15, -0.1) is 0 Å². The quantitative estimate of drug-likeness (QED) is 0.567. The molecule has 0 bridgehead atoms. The highest BCUT2D eigenvalue weighted by Gasteiger charge is 2.23. The first kappa shape index (κ1) is 19.6. The molecule has 0 saturated heterocycles. The van der Waals surface area contributed by atoms with Crippen LogP contribution in [0.1, 0.15) is 47.7 Å². The predicted molar refractivity (Wildman–Crippen MR) is 121 cm³/mol. The van der Waals surface area contributed by atoms with Crippen LogP contribution in [0.3, 0.4) is 0 Å². The Bertz CT molecular complexity index is 1130. The summed E-state index contributed by atoms with van der Waals surface area (Å²) in [6, 6.07) is 14.5. The molecule has 5 nitrogen and oxygen atoms in total. The number of nitrogens with one attached hydrogen (secondary N) is 1. The first-order valence-electron chi connectivity index (χ1n) is 11.0. The summed E-state index contributed by atoms with van der Waals surface area (Å²) in [5.41, 5.74) is 5.43. The fraction of sp³-hybridized carbons (Fsp3) is 0.308. The van der Waals surface area contributed by atoms with Gasteiger partial charge in [0.15, 0.2) is 0 Å². The Hall–Kier alpha value is -3.34. The zero-order valence-corrected chi connectivity index (χ0v) is 17.8. The van der Waals surface area contributed by atoms with E-state index in [1.807, 2.05) is 48.0 Å². The molecule has 1 saturated carbocycles. The van der Waals surface area contributed by atoms with Crippen molar-refractivity contribution in [3.05, 3.63) is 83.4 Å². The van der Waals surface area contributed by atoms with Crippen LogP contribution in [-0.2, 0) is 11.2 Å². The molecule has 1 atom stereocenters. The Kier molecular flexibility index (Phi) is 5.33. The summed E-state index contributed by atoms with van der Waals surface area (Å²) in [6.45, 7) is 2.70. The van der Waals surface area contributed by atoms with E-state index in [1.165, 1.54) is 24.0 Å². The number of rotatable bonds is 7. The van der Waals surface area contributed by atoms with Gasteiger partial charge in [0.05, 0.1) is 30.4 Å². The lowest BCUT2D eigenvalue weighted by atomic mass is 10.1. The smallest absolute Gasteiger partial charge is 0.244 e. The van der Waals surface area contributed by atoms with Crippen molar-refractivity contribution in [3.63, 3.8) is 0 Å². The number of imidazole rings is 1. The van der Waals surface area contributed by atoms with E-state index in [4.69, 9.17) is 4.74 Å². The molecule has 0 aliphatic heterocycles. The third kappa shape index (κ3) is 4.55. The maximum absolute atomic E-state index is 12.5. The van der Waals surface area contributed by atoms with E-state index in [0.29, 0.717) is 5.92 Å². The highest BCUT2D eigenvalue weighted by Crippen LogP contribution is 2.32. The second kappa shape index (κ2) is 8.42. The first-order chi connectivity index (χ1) is 15.2. The summed E-state index contributed by atoms with van der Waals surface area (Å²) in [5.74, 6) is 1.41. The molecule has 31 heavy (non-hydrogen) atoms. The highest BCUT2D eigenvalue weighted by molar-refractivity contribution is 5.92. The number of amides is 1. The molecule has 0 spiro atoms. The van der Waals surface area contributed by atoms with E-state index in [9.17, 15) is 4.79 Å². The number of benzene rings is 2. The van der Waals surface area contributed by atoms with Crippen LogP contribution >= 0.6 is 0 Å². The zero-order chi connectivity index (χ0) is 21.2. The summed E-state index contributed by atoms with van der Waals surface area (Å²) in [7, 11) is 0. The predicted octanol–water partition coefficient (Wildman–Crippen LogP) is 4.79. The highest BCUT2D eigenvalue weighted by atomic mass is 16.5. The molecule has 1 heterocycles. The summed E-state index contributed by atoms with van der Waals surface area (Å²) in [5, 5.41) is 3.14. The van der Waals surface area contributed by atoms with Crippen LogP contribution in [0.15, 0.2) is 61.1 Å². The zero-order valence-electron chi connectivity index (χ0n) is 17.8. The minimum absolute atomic E-state index is 0.0727. The number of carbonyl (C=O) groups is 1. The molecule has 1 amide bonds. The molecule has 5 rings (SSSR count).